The van der Waals surface area contributed by atoms with Crippen molar-refractivity contribution in [3.05, 3.63) is 6.92 Å². The van der Waals surface area contributed by atoms with Crippen molar-refractivity contribution in [1.29, 1.82) is 0 Å². The molecule has 2 unspecified atom stereocenters. The van der Waals surface area contributed by atoms with E-state index in [2.05, 4.69) is 11.7 Å². The molecule has 0 heterocycles. The molecule has 0 aromatic rings. The number of carbonyl (C=O) groups excluding carboxylic acids is 1. The van der Waals surface area contributed by atoms with Crippen molar-refractivity contribution in [1.82, 2.24) is 0 Å². The lowest BCUT2D eigenvalue weighted by Crippen LogP contribution is -2.31. The van der Waals surface area contributed by atoms with E-state index in [1.165, 1.54) is 0 Å². The minimum atomic E-state index is -1.09. The SMILES string of the molecule is [CH2]C(OC(=O)CC)C(O)CO. The third-order valence-electron chi connectivity index (χ3n) is 1.19. The van der Waals surface area contributed by atoms with Crippen molar-refractivity contribution in [2.75, 3.05) is 6.61 Å². The number of aliphatic hydroxyl groups is 2. The van der Waals surface area contributed by atoms with Gasteiger partial charge in [-0.05, 0) is 6.92 Å². The number of esters is 1. The first kappa shape index (κ1) is 10.4. The summed E-state index contributed by atoms with van der Waals surface area (Å²) in [4.78, 5) is 10.6. The Morgan fingerprint density at radius 2 is 2.27 bits per heavy atom. The van der Waals surface area contributed by atoms with Gasteiger partial charge in [0.25, 0.3) is 0 Å². The normalized spacial score (nSPS) is 15.6. The molecule has 0 aromatic carbocycles. The molecular weight excluding hydrogens is 148 g/mol. The van der Waals surface area contributed by atoms with Crippen LogP contribution in [0.2, 0.25) is 0 Å². The van der Waals surface area contributed by atoms with E-state index in [0.29, 0.717) is 0 Å². The fourth-order valence-electron chi connectivity index (χ4n) is 0.448. The Balaban J connectivity index is 3.67. The summed E-state index contributed by atoms with van der Waals surface area (Å²) in [5, 5.41) is 17.3. The molecule has 0 spiro atoms. The van der Waals surface area contributed by atoms with Crippen LogP contribution in [-0.2, 0) is 9.53 Å². The predicted molar refractivity (Wildman–Crippen MR) is 38.6 cm³/mol. The lowest BCUT2D eigenvalue weighted by atomic mass is 10.2. The first-order valence-corrected chi connectivity index (χ1v) is 3.43. The molecule has 2 atom stereocenters. The average Bonchev–Trinajstić information content (AvgIpc) is 2.02. The number of hydrogen-bond acceptors (Lipinski definition) is 4. The molecule has 0 saturated carbocycles. The zero-order valence-corrected chi connectivity index (χ0v) is 6.49. The van der Waals surface area contributed by atoms with Crippen LogP contribution >= 0.6 is 0 Å². The standard InChI is InChI=1S/C7H13O4/c1-3-7(10)11-5(2)6(9)4-8/h5-6,8-9H,2-4H2,1H3. The van der Waals surface area contributed by atoms with Crippen molar-refractivity contribution in [2.24, 2.45) is 0 Å². The van der Waals surface area contributed by atoms with Gasteiger partial charge in [-0.15, -0.1) is 0 Å². The molecule has 1 radical (unpaired) electrons. The summed E-state index contributed by atoms with van der Waals surface area (Å²) in [5.41, 5.74) is 0. The van der Waals surface area contributed by atoms with Crippen molar-refractivity contribution in [3.8, 4) is 0 Å². The van der Waals surface area contributed by atoms with Crippen LogP contribution in [0.25, 0.3) is 0 Å². The number of rotatable bonds is 4. The van der Waals surface area contributed by atoms with E-state index in [1.807, 2.05) is 0 Å². The van der Waals surface area contributed by atoms with Gasteiger partial charge >= 0.3 is 5.97 Å². The van der Waals surface area contributed by atoms with Gasteiger partial charge < -0.3 is 14.9 Å². The smallest absolute Gasteiger partial charge is 0.305 e. The van der Waals surface area contributed by atoms with E-state index in [1.54, 1.807) is 6.92 Å². The van der Waals surface area contributed by atoms with E-state index in [9.17, 15) is 4.79 Å². The van der Waals surface area contributed by atoms with E-state index in [0.717, 1.165) is 0 Å². The largest absolute Gasteiger partial charge is 0.460 e. The lowest BCUT2D eigenvalue weighted by molar-refractivity contribution is -0.152. The van der Waals surface area contributed by atoms with Crippen molar-refractivity contribution < 1.29 is 19.7 Å². The molecule has 65 valence electrons. The second-order valence-corrected chi connectivity index (χ2v) is 2.13. The molecule has 0 fully saturated rings. The van der Waals surface area contributed by atoms with E-state index >= 15 is 0 Å². The summed E-state index contributed by atoms with van der Waals surface area (Å²) in [7, 11) is 0. The third-order valence-corrected chi connectivity index (χ3v) is 1.19. The monoisotopic (exact) mass is 161 g/mol. The fourth-order valence-corrected chi connectivity index (χ4v) is 0.448. The second kappa shape index (κ2) is 5.09. The maximum atomic E-state index is 10.6. The van der Waals surface area contributed by atoms with Gasteiger partial charge in [0.15, 0.2) is 0 Å². The van der Waals surface area contributed by atoms with Crippen LogP contribution in [0.15, 0.2) is 0 Å². The Morgan fingerprint density at radius 3 is 2.64 bits per heavy atom. The second-order valence-electron chi connectivity index (χ2n) is 2.13. The van der Waals surface area contributed by atoms with Crippen LogP contribution in [0.5, 0.6) is 0 Å². The van der Waals surface area contributed by atoms with Gasteiger partial charge in [-0.25, -0.2) is 0 Å². The van der Waals surface area contributed by atoms with Crippen molar-refractivity contribution in [2.45, 2.75) is 25.6 Å². The first-order chi connectivity index (χ1) is 5.11. The molecule has 0 aromatic heterocycles. The molecule has 0 aliphatic rings. The molecule has 2 N–H and O–H groups in total. The number of carbonyl (C=O) groups is 1. The molecule has 0 saturated heterocycles. The van der Waals surface area contributed by atoms with Crippen molar-refractivity contribution >= 4 is 5.97 Å². The molecule has 4 heteroatoms. The molecule has 0 aliphatic carbocycles. The van der Waals surface area contributed by atoms with Gasteiger partial charge in [-0.3, -0.25) is 4.79 Å². The van der Waals surface area contributed by atoms with Gasteiger partial charge in [0.2, 0.25) is 0 Å². The Kier molecular flexibility index (Phi) is 4.81. The highest BCUT2D eigenvalue weighted by Gasteiger charge is 2.16. The van der Waals surface area contributed by atoms with Gasteiger partial charge in [0.1, 0.15) is 12.2 Å². The average molecular weight is 161 g/mol. The molecule has 4 nitrogen and oxygen atoms in total. The third kappa shape index (κ3) is 3.95. The summed E-state index contributed by atoms with van der Waals surface area (Å²) in [6.45, 7) is 4.53. The van der Waals surface area contributed by atoms with E-state index < -0.39 is 24.8 Å². The summed E-state index contributed by atoms with van der Waals surface area (Å²) in [6.07, 6.45) is -1.73. The van der Waals surface area contributed by atoms with Gasteiger partial charge in [-0.1, -0.05) is 6.92 Å². The highest BCUT2D eigenvalue weighted by Crippen LogP contribution is 1.99. The highest BCUT2D eigenvalue weighted by atomic mass is 16.6. The maximum absolute atomic E-state index is 10.6. The first-order valence-electron chi connectivity index (χ1n) is 3.43. The fraction of sp³-hybridized carbons (Fsp3) is 0.714. The summed E-state index contributed by atoms with van der Waals surface area (Å²) in [5.74, 6) is -0.433. The van der Waals surface area contributed by atoms with Crippen LogP contribution in [0.4, 0.5) is 0 Å². The zero-order valence-electron chi connectivity index (χ0n) is 6.49. The Labute approximate surface area is 65.8 Å². The Bertz CT molecular complexity index is 124. The van der Waals surface area contributed by atoms with Gasteiger partial charge in [0.05, 0.1) is 6.61 Å². The van der Waals surface area contributed by atoms with Crippen LogP contribution in [0, 0.1) is 6.92 Å². The van der Waals surface area contributed by atoms with Crippen LogP contribution in [-0.4, -0.2) is 35.0 Å². The number of hydrogen-bond donors (Lipinski definition) is 2. The summed E-state index contributed by atoms with van der Waals surface area (Å²) < 4.78 is 4.59. The zero-order chi connectivity index (χ0) is 8.85. The minimum absolute atomic E-state index is 0.240. The van der Waals surface area contributed by atoms with Crippen molar-refractivity contribution in [3.63, 3.8) is 0 Å². The molecular formula is C7H13O4. The molecule has 0 rings (SSSR count). The maximum Gasteiger partial charge on any atom is 0.305 e. The Morgan fingerprint density at radius 1 is 1.73 bits per heavy atom. The Hall–Kier alpha value is -0.610. The lowest BCUT2D eigenvalue weighted by Gasteiger charge is -2.16. The molecule has 0 bridgehead atoms. The topological polar surface area (TPSA) is 66.8 Å². The summed E-state index contributed by atoms with van der Waals surface area (Å²) >= 11 is 0. The minimum Gasteiger partial charge on any atom is -0.460 e. The summed E-state index contributed by atoms with van der Waals surface area (Å²) in [6, 6.07) is 0. The molecule has 11 heavy (non-hydrogen) atoms. The van der Waals surface area contributed by atoms with Crippen LogP contribution in [0.1, 0.15) is 13.3 Å². The van der Waals surface area contributed by atoms with Gasteiger partial charge in [0, 0.05) is 6.42 Å². The number of aliphatic hydroxyl groups excluding tert-OH is 2. The predicted octanol–water partition coefficient (Wildman–Crippen LogP) is -0.505. The highest BCUT2D eigenvalue weighted by molar-refractivity contribution is 5.69. The van der Waals surface area contributed by atoms with E-state index in [4.69, 9.17) is 10.2 Å². The van der Waals surface area contributed by atoms with Crippen LogP contribution < -0.4 is 0 Å². The quantitative estimate of drug-likeness (QED) is 0.545. The van der Waals surface area contributed by atoms with E-state index in [-0.39, 0.29) is 6.42 Å². The van der Waals surface area contributed by atoms with Gasteiger partial charge in [-0.2, -0.15) is 0 Å². The molecule has 0 amide bonds. The molecule has 0 aliphatic heterocycles. The number of ether oxygens (including phenoxy) is 1. The van der Waals surface area contributed by atoms with Crippen LogP contribution in [0.3, 0.4) is 0 Å².